The van der Waals surface area contributed by atoms with Crippen molar-refractivity contribution in [1.82, 2.24) is 9.96 Å². The van der Waals surface area contributed by atoms with Crippen molar-refractivity contribution >= 4 is 12.1 Å². The molecule has 0 radical (unpaired) electrons. The van der Waals surface area contributed by atoms with Crippen LogP contribution in [0.5, 0.6) is 0 Å². The molecule has 130 valence electrons. The van der Waals surface area contributed by atoms with Crippen LogP contribution in [0.1, 0.15) is 44.0 Å². The minimum Gasteiger partial charge on any atom is -0.444 e. The summed E-state index contributed by atoms with van der Waals surface area (Å²) in [5.41, 5.74) is -0.237. The third kappa shape index (κ3) is 3.70. The first-order valence-electron chi connectivity index (χ1n) is 8.32. The molecule has 1 saturated heterocycles. The first-order valence-corrected chi connectivity index (χ1v) is 8.32. The lowest BCUT2D eigenvalue weighted by Gasteiger charge is -2.41. The monoisotopic (exact) mass is 332 g/mol. The number of hydroxylamine groups is 2. The highest BCUT2D eigenvalue weighted by molar-refractivity contribution is 5.89. The number of nitrogens with zero attached hydrogens (tertiary/aromatic N) is 2. The van der Waals surface area contributed by atoms with Gasteiger partial charge in [0.15, 0.2) is 0 Å². The van der Waals surface area contributed by atoms with E-state index < -0.39 is 5.60 Å². The lowest BCUT2D eigenvalue weighted by Crippen LogP contribution is -2.57. The number of amides is 1. The number of rotatable bonds is 2. The molecule has 3 rings (SSSR count). The summed E-state index contributed by atoms with van der Waals surface area (Å²) in [7, 11) is 0. The van der Waals surface area contributed by atoms with Gasteiger partial charge in [0.05, 0.1) is 24.2 Å². The van der Waals surface area contributed by atoms with Gasteiger partial charge in [0.1, 0.15) is 5.60 Å². The maximum absolute atomic E-state index is 12.4. The average Bonchev–Trinajstić information content (AvgIpc) is 3.26. The van der Waals surface area contributed by atoms with Gasteiger partial charge in [0.2, 0.25) is 0 Å². The van der Waals surface area contributed by atoms with E-state index in [2.05, 4.69) is 0 Å². The van der Waals surface area contributed by atoms with Crippen molar-refractivity contribution in [2.45, 2.75) is 44.8 Å². The SMILES string of the molecule is CC(C)(C)OC(=O)N1CCN(OC(=O)c2ccccc2)CC12CC2. The van der Waals surface area contributed by atoms with E-state index in [9.17, 15) is 9.59 Å². The quantitative estimate of drug-likeness (QED) is 0.833. The Morgan fingerprint density at radius 2 is 1.75 bits per heavy atom. The molecule has 1 aromatic rings. The molecule has 1 aliphatic heterocycles. The molecule has 2 aliphatic rings. The zero-order valence-electron chi connectivity index (χ0n) is 14.4. The lowest BCUT2D eigenvalue weighted by molar-refractivity contribution is -0.145. The second-order valence-electron chi connectivity index (χ2n) is 7.46. The molecule has 1 aromatic carbocycles. The van der Waals surface area contributed by atoms with E-state index in [1.807, 2.05) is 26.8 Å². The van der Waals surface area contributed by atoms with Crippen molar-refractivity contribution in [3.8, 4) is 0 Å². The molecule has 0 N–H and O–H groups in total. The molecule has 6 heteroatoms. The van der Waals surface area contributed by atoms with Crippen LogP contribution in [0.4, 0.5) is 4.79 Å². The maximum Gasteiger partial charge on any atom is 0.410 e. The van der Waals surface area contributed by atoms with Gasteiger partial charge < -0.3 is 9.57 Å². The summed E-state index contributed by atoms with van der Waals surface area (Å²) in [6.45, 7) is 7.11. The van der Waals surface area contributed by atoms with Gasteiger partial charge in [-0.25, -0.2) is 9.59 Å². The Kier molecular flexibility index (Phi) is 4.25. The number of piperazine rings is 1. The van der Waals surface area contributed by atoms with Crippen LogP contribution in [0.2, 0.25) is 0 Å². The third-order valence-electron chi connectivity index (χ3n) is 4.28. The van der Waals surface area contributed by atoms with E-state index in [1.54, 1.807) is 34.2 Å². The minimum atomic E-state index is -0.510. The van der Waals surface area contributed by atoms with Gasteiger partial charge in [-0.05, 0) is 45.7 Å². The first-order chi connectivity index (χ1) is 11.3. The zero-order valence-corrected chi connectivity index (χ0v) is 14.4. The molecule has 1 spiro atoms. The smallest absolute Gasteiger partial charge is 0.410 e. The van der Waals surface area contributed by atoms with Gasteiger partial charge in [-0.1, -0.05) is 18.2 Å². The highest BCUT2D eigenvalue weighted by Crippen LogP contribution is 2.44. The Labute approximate surface area is 142 Å². The van der Waals surface area contributed by atoms with Gasteiger partial charge in [-0.3, -0.25) is 4.90 Å². The molecule has 1 heterocycles. The molecule has 6 nitrogen and oxygen atoms in total. The van der Waals surface area contributed by atoms with Crippen LogP contribution >= 0.6 is 0 Å². The van der Waals surface area contributed by atoms with Crippen LogP contribution < -0.4 is 0 Å². The molecule has 0 atom stereocenters. The number of carbonyl (C=O) groups excluding carboxylic acids is 2. The van der Waals surface area contributed by atoms with Crippen molar-refractivity contribution in [3.05, 3.63) is 35.9 Å². The summed E-state index contributed by atoms with van der Waals surface area (Å²) >= 11 is 0. The second-order valence-corrected chi connectivity index (χ2v) is 7.46. The Hall–Kier alpha value is -2.08. The fraction of sp³-hybridized carbons (Fsp3) is 0.556. The molecule has 0 unspecified atom stereocenters. The predicted octanol–water partition coefficient (Wildman–Crippen LogP) is 2.84. The number of ether oxygens (including phenoxy) is 1. The molecular formula is C18H24N2O4. The summed E-state index contributed by atoms with van der Waals surface area (Å²) in [5.74, 6) is -0.364. The van der Waals surface area contributed by atoms with Crippen LogP contribution in [-0.4, -0.2) is 52.8 Å². The predicted molar refractivity (Wildman–Crippen MR) is 88.3 cm³/mol. The van der Waals surface area contributed by atoms with E-state index in [-0.39, 0.29) is 17.6 Å². The maximum atomic E-state index is 12.4. The molecule has 1 saturated carbocycles. The topological polar surface area (TPSA) is 59.1 Å². The summed E-state index contributed by atoms with van der Waals surface area (Å²) in [5, 5.41) is 1.67. The van der Waals surface area contributed by atoms with E-state index >= 15 is 0 Å². The van der Waals surface area contributed by atoms with Gasteiger partial charge in [-0.15, -0.1) is 5.06 Å². The number of hydrogen-bond donors (Lipinski definition) is 0. The minimum absolute atomic E-state index is 0.252. The van der Waals surface area contributed by atoms with Crippen molar-refractivity contribution in [1.29, 1.82) is 0 Å². The molecule has 0 aromatic heterocycles. The number of benzene rings is 1. The lowest BCUT2D eigenvalue weighted by atomic mass is 10.1. The van der Waals surface area contributed by atoms with Gasteiger partial charge >= 0.3 is 12.1 Å². The first kappa shape index (κ1) is 16.8. The van der Waals surface area contributed by atoms with E-state index in [0.29, 0.717) is 25.2 Å². The Balaban J connectivity index is 1.60. The van der Waals surface area contributed by atoms with Crippen LogP contribution in [-0.2, 0) is 9.57 Å². The van der Waals surface area contributed by atoms with Gasteiger partial charge in [0, 0.05) is 6.54 Å². The van der Waals surface area contributed by atoms with Crippen molar-refractivity contribution in [2.24, 2.45) is 0 Å². The summed E-state index contributed by atoms with van der Waals surface area (Å²) in [4.78, 5) is 31.9. The van der Waals surface area contributed by atoms with Crippen molar-refractivity contribution < 1.29 is 19.2 Å². The van der Waals surface area contributed by atoms with E-state index in [1.165, 1.54) is 0 Å². The summed E-state index contributed by atoms with van der Waals surface area (Å²) in [6, 6.07) is 8.92. The normalized spacial score (nSPS) is 19.9. The molecular weight excluding hydrogens is 308 g/mol. The van der Waals surface area contributed by atoms with Crippen LogP contribution in [0, 0.1) is 0 Å². The van der Waals surface area contributed by atoms with Crippen LogP contribution in [0.25, 0.3) is 0 Å². The van der Waals surface area contributed by atoms with Crippen LogP contribution in [0.3, 0.4) is 0 Å². The number of hydrogen-bond acceptors (Lipinski definition) is 5. The molecule has 0 bridgehead atoms. The molecule has 1 amide bonds. The average molecular weight is 332 g/mol. The third-order valence-corrected chi connectivity index (χ3v) is 4.28. The van der Waals surface area contributed by atoms with Crippen LogP contribution in [0.15, 0.2) is 30.3 Å². The fourth-order valence-corrected chi connectivity index (χ4v) is 2.94. The van der Waals surface area contributed by atoms with E-state index in [0.717, 1.165) is 12.8 Å². The zero-order chi connectivity index (χ0) is 17.4. The molecule has 24 heavy (non-hydrogen) atoms. The van der Waals surface area contributed by atoms with Gasteiger partial charge in [-0.2, -0.15) is 0 Å². The molecule has 1 aliphatic carbocycles. The Morgan fingerprint density at radius 3 is 2.33 bits per heavy atom. The highest BCUT2D eigenvalue weighted by atomic mass is 16.7. The van der Waals surface area contributed by atoms with Crippen molar-refractivity contribution in [3.63, 3.8) is 0 Å². The van der Waals surface area contributed by atoms with Gasteiger partial charge in [0.25, 0.3) is 0 Å². The fourth-order valence-electron chi connectivity index (χ4n) is 2.94. The summed E-state index contributed by atoms with van der Waals surface area (Å²) in [6.07, 6.45) is 1.53. The van der Waals surface area contributed by atoms with E-state index in [4.69, 9.17) is 9.57 Å². The highest BCUT2D eigenvalue weighted by Gasteiger charge is 2.55. The number of carbonyl (C=O) groups is 2. The summed E-state index contributed by atoms with van der Waals surface area (Å²) < 4.78 is 5.50. The Morgan fingerprint density at radius 1 is 1.08 bits per heavy atom. The largest absolute Gasteiger partial charge is 0.444 e. The Bertz CT molecular complexity index is 620. The standard InChI is InChI=1S/C18H24N2O4/c1-17(2,3)23-16(22)20-12-11-19(13-18(20)9-10-18)24-15(21)14-7-5-4-6-8-14/h4-8H,9-13H2,1-3H3. The molecule has 2 fully saturated rings. The second kappa shape index (κ2) is 6.09. The van der Waals surface area contributed by atoms with Crippen molar-refractivity contribution in [2.75, 3.05) is 19.6 Å².